The average Bonchev–Trinajstić information content (AvgIpc) is 2.63. The van der Waals surface area contributed by atoms with Gasteiger partial charge in [-0.2, -0.15) is 5.10 Å². The van der Waals surface area contributed by atoms with E-state index in [9.17, 15) is 0 Å². The molecule has 5 nitrogen and oxygen atoms in total. The molecule has 0 aromatic carbocycles. The van der Waals surface area contributed by atoms with Crippen LogP contribution in [0.1, 0.15) is 11.5 Å². The minimum absolute atomic E-state index is 0.569. The summed E-state index contributed by atoms with van der Waals surface area (Å²) in [6.45, 7) is 2.45. The summed E-state index contributed by atoms with van der Waals surface area (Å²) in [4.78, 5) is 0. The number of anilines is 1. The number of nitrogens with zero attached hydrogens (tertiary/aromatic N) is 3. The zero-order chi connectivity index (χ0) is 9.80. The van der Waals surface area contributed by atoms with E-state index in [1.807, 2.05) is 25.1 Å². The summed E-state index contributed by atoms with van der Waals surface area (Å²) < 4.78 is 5.03. The van der Waals surface area contributed by atoms with Crippen molar-refractivity contribution in [1.29, 1.82) is 0 Å². The molecule has 0 aliphatic carbocycles. The van der Waals surface area contributed by atoms with Gasteiger partial charge in [-0.3, -0.25) is 0 Å². The van der Waals surface area contributed by atoms with Crippen LogP contribution in [0.2, 0.25) is 0 Å². The zero-order valence-electron chi connectivity index (χ0n) is 7.77. The third-order valence-electron chi connectivity index (χ3n) is 1.69. The second-order valence-electron chi connectivity index (χ2n) is 2.90. The standard InChI is InChI=1S/C9H10N4O/c1-7-5-8(14-13-7)6-10-9-3-2-4-11-12-9/h2-5H,6H2,1H3,(H,10,12). The SMILES string of the molecule is Cc1cc(CNc2cccnn2)on1. The van der Waals surface area contributed by atoms with E-state index in [1.54, 1.807) is 6.20 Å². The lowest BCUT2D eigenvalue weighted by molar-refractivity contribution is 0.384. The lowest BCUT2D eigenvalue weighted by Gasteiger charge is -1.99. The van der Waals surface area contributed by atoms with Crippen molar-refractivity contribution in [2.75, 3.05) is 5.32 Å². The normalized spacial score (nSPS) is 10.1. The molecule has 0 amide bonds. The predicted molar refractivity (Wildman–Crippen MR) is 50.6 cm³/mol. The largest absolute Gasteiger partial charge is 0.361 e. The van der Waals surface area contributed by atoms with E-state index < -0.39 is 0 Å². The quantitative estimate of drug-likeness (QED) is 0.792. The Morgan fingerprint density at radius 1 is 1.50 bits per heavy atom. The number of aryl methyl sites for hydroxylation is 1. The average molecular weight is 190 g/mol. The first kappa shape index (κ1) is 8.68. The molecule has 0 aliphatic heterocycles. The van der Waals surface area contributed by atoms with Crippen molar-refractivity contribution in [2.24, 2.45) is 0 Å². The summed E-state index contributed by atoms with van der Waals surface area (Å²) in [5.74, 6) is 1.51. The van der Waals surface area contributed by atoms with Crippen molar-refractivity contribution in [3.63, 3.8) is 0 Å². The Morgan fingerprint density at radius 2 is 2.43 bits per heavy atom. The Balaban J connectivity index is 1.95. The van der Waals surface area contributed by atoms with Crippen LogP contribution in [0.3, 0.4) is 0 Å². The van der Waals surface area contributed by atoms with E-state index in [4.69, 9.17) is 4.52 Å². The fraction of sp³-hybridized carbons (Fsp3) is 0.222. The lowest BCUT2D eigenvalue weighted by Crippen LogP contribution is -2.00. The first-order valence-electron chi connectivity index (χ1n) is 4.28. The zero-order valence-corrected chi connectivity index (χ0v) is 7.77. The number of hydrogen-bond acceptors (Lipinski definition) is 5. The van der Waals surface area contributed by atoms with Gasteiger partial charge in [0.2, 0.25) is 0 Å². The molecule has 5 heteroatoms. The molecule has 0 spiro atoms. The molecule has 0 fully saturated rings. The van der Waals surface area contributed by atoms with Crippen LogP contribution in [0.4, 0.5) is 5.82 Å². The summed E-state index contributed by atoms with van der Waals surface area (Å²) in [6.07, 6.45) is 1.63. The Hall–Kier alpha value is -1.91. The van der Waals surface area contributed by atoms with Gasteiger partial charge in [0.15, 0.2) is 5.76 Å². The van der Waals surface area contributed by atoms with Crippen molar-refractivity contribution >= 4 is 5.82 Å². The van der Waals surface area contributed by atoms with Gasteiger partial charge >= 0.3 is 0 Å². The van der Waals surface area contributed by atoms with Gasteiger partial charge in [-0.15, -0.1) is 5.10 Å². The summed E-state index contributed by atoms with van der Waals surface area (Å²) in [5.41, 5.74) is 0.876. The number of hydrogen-bond donors (Lipinski definition) is 1. The molecule has 0 radical (unpaired) electrons. The molecule has 0 aliphatic rings. The Labute approximate surface area is 81.1 Å². The van der Waals surface area contributed by atoms with Crippen molar-refractivity contribution < 1.29 is 4.52 Å². The molecule has 0 saturated carbocycles. The van der Waals surface area contributed by atoms with Gasteiger partial charge in [0, 0.05) is 12.3 Å². The highest BCUT2D eigenvalue weighted by molar-refractivity contribution is 5.31. The summed E-state index contributed by atoms with van der Waals surface area (Å²) >= 11 is 0. The van der Waals surface area contributed by atoms with Crippen LogP contribution < -0.4 is 5.32 Å². The van der Waals surface area contributed by atoms with E-state index in [0.29, 0.717) is 6.54 Å². The fourth-order valence-electron chi connectivity index (χ4n) is 1.07. The third kappa shape index (κ3) is 2.07. The molecule has 0 saturated heterocycles. The van der Waals surface area contributed by atoms with Gasteiger partial charge in [0.25, 0.3) is 0 Å². The highest BCUT2D eigenvalue weighted by Gasteiger charge is 2.00. The van der Waals surface area contributed by atoms with E-state index >= 15 is 0 Å². The molecular weight excluding hydrogens is 180 g/mol. The molecule has 14 heavy (non-hydrogen) atoms. The third-order valence-corrected chi connectivity index (χ3v) is 1.69. The summed E-state index contributed by atoms with van der Waals surface area (Å²) in [5, 5.41) is 14.5. The minimum atomic E-state index is 0.569. The molecule has 72 valence electrons. The smallest absolute Gasteiger partial charge is 0.156 e. The van der Waals surface area contributed by atoms with Crippen molar-refractivity contribution in [2.45, 2.75) is 13.5 Å². The molecule has 2 heterocycles. The number of rotatable bonds is 3. The Kier molecular flexibility index (Phi) is 2.40. The summed E-state index contributed by atoms with van der Waals surface area (Å²) in [6, 6.07) is 5.54. The predicted octanol–water partition coefficient (Wildman–Crippen LogP) is 1.39. The van der Waals surface area contributed by atoms with Crippen LogP contribution in [0.15, 0.2) is 28.9 Å². The van der Waals surface area contributed by atoms with Gasteiger partial charge in [-0.05, 0) is 19.1 Å². The molecule has 1 N–H and O–H groups in total. The first-order chi connectivity index (χ1) is 6.84. The van der Waals surface area contributed by atoms with E-state index in [0.717, 1.165) is 17.3 Å². The molecular formula is C9H10N4O. The van der Waals surface area contributed by atoms with Crippen molar-refractivity contribution in [1.82, 2.24) is 15.4 Å². The molecule has 0 atom stereocenters. The second kappa shape index (κ2) is 3.87. The van der Waals surface area contributed by atoms with Crippen LogP contribution in [-0.4, -0.2) is 15.4 Å². The van der Waals surface area contributed by atoms with Crippen LogP contribution in [0.5, 0.6) is 0 Å². The van der Waals surface area contributed by atoms with Gasteiger partial charge in [-0.25, -0.2) is 0 Å². The Bertz CT molecular complexity index is 398. The highest BCUT2D eigenvalue weighted by atomic mass is 16.5. The lowest BCUT2D eigenvalue weighted by atomic mass is 10.4. The van der Waals surface area contributed by atoms with Crippen LogP contribution in [0.25, 0.3) is 0 Å². The van der Waals surface area contributed by atoms with E-state index in [-0.39, 0.29) is 0 Å². The maximum absolute atomic E-state index is 5.03. The van der Waals surface area contributed by atoms with Gasteiger partial charge in [0.1, 0.15) is 5.82 Å². The fourth-order valence-corrected chi connectivity index (χ4v) is 1.07. The maximum atomic E-state index is 5.03. The van der Waals surface area contributed by atoms with E-state index in [2.05, 4.69) is 20.7 Å². The number of nitrogens with one attached hydrogen (secondary N) is 1. The maximum Gasteiger partial charge on any atom is 0.156 e. The second-order valence-corrected chi connectivity index (χ2v) is 2.90. The Morgan fingerprint density at radius 3 is 3.07 bits per heavy atom. The summed E-state index contributed by atoms with van der Waals surface area (Å²) in [7, 11) is 0. The molecule has 2 rings (SSSR count). The van der Waals surface area contributed by atoms with Gasteiger partial charge < -0.3 is 9.84 Å². The van der Waals surface area contributed by atoms with Crippen LogP contribution >= 0.6 is 0 Å². The molecule has 0 bridgehead atoms. The molecule has 2 aromatic heterocycles. The topological polar surface area (TPSA) is 63.8 Å². The highest BCUT2D eigenvalue weighted by Crippen LogP contribution is 2.05. The monoisotopic (exact) mass is 190 g/mol. The van der Waals surface area contributed by atoms with E-state index in [1.165, 1.54) is 0 Å². The van der Waals surface area contributed by atoms with Crippen molar-refractivity contribution in [3.05, 3.63) is 35.9 Å². The van der Waals surface area contributed by atoms with Gasteiger partial charge in [0.05, 0.1) is 12.2 Å². The molecule has 2 aromatic rings. The van der Waals surface area contributed by atoms with Crippen LogP contribution in [-0.2, 0) is 6.54 Å². The van der Waals surface area contributed by atoms with Gasteiger partial charge in [-0.1, -0.05) is 5.16 Å². The number of aromatic nitrogens is 3. The molecule has 0 unspecified atom stereocenters. The first-order valence-corrected chi connectivity index (χ1v) is 4.28. The van der Waals surface area contributed by atoms with Crippen molar-refractivity contribution in [3.8, 4) is 0 Å². The van der Waals surface area contributed by atoms with Crippen LogP contribution in [0, 0.1) is 6.92 Å². The minimum Gasteiger partial charge on any atom is -0.361 e.